The molecule has 0 spiro atoms. The average molecular weight is 550 g/mol. The maximum atomic E-state index is 15.5. The predicted molar refractivity (Wildman–Crippen MR) is 154 cm³/mol. The average Bonchev–Trinajstić information content (AvgIpc) is 3.34. The van der Waals surface area contributed by atoms with Crippen LogP contribution in [0.5, 0.6) is 11.5 Å². The predicted octanol–water partition coefficient (Wildman–Crippen LogP) is 5.73. The maximum absolute atomic E-state index is 15.5. The first-order valence-electron chi connectivity index (χ1n) is 13.0. The number of para-hydroxylation sites is 1. The van der Waals surface area contributed by atoms with Gasteiger partial charge in [0.15, 0.2) is 11.2 Å². The molecule has 0 atom stereocenters. The minimum absolute atomic E-state index is 0.0707. The van der Waals surface area contributed by atoms with Crippen molar-refractivity contribution in [1.29, 1.82) is 5.26 Å². The van der Waals surface area contributed by atoms with Crippen molar-refractivity contribution in [3.8, 4) is 28.8 Å². The van der Waals surface area contributed by atoms with E-state index in [-0.39, 0.29) is 34.6 Å². The molecule has 0 saturated heterocycles. The Bertz CT molecular complexity index is 1770. The fraction of sp³-hybridized carbons (Fsp3) is 0.226. The molecule has 0 radical (unpaired) electrons. The fourth-order valence-corrected chi connectivity index (χ4v) is 4.38. The van der Waals surface area contributed by atoms with E-state index < -0.39 is 11.7 Å². The summed E-state index contributed by atoms with van der Waals surface area (Å²) in [6.45, 7) is 6.46. The first-order chi connectivity index (χ1) is 19.6. The third-order valence-corrected chi connectivity index (χ3v) is 6.33. The lowest BCUT2D eigenvalue weighted by Gasteiger charge is -2.27. The van der Waals surface area contributed by atoms with Crippen LogP contribution in [0.15, 0.2) is 78.3 Å². The van der Waals surface area contributed by atoms with Gasteiger partial charge in [0.25, 0.3) is 5.91 Å². The molecular weight excluding hydrogens is 521 g/mol. The Morgan fingerprint density at radius 1 is 1.15 bits per heavy atom. The van der Waals surface area contributed by atoms with Gasteiger partial charge in [-0.15, -0.1) is 0 Å². The summed E-state index contributed by atoms with van der Waals surface area (Å²) in [7, 11) is 0. The highest BCUT2D eigenvalue weighted by Crippen LogP contribution is 2.35. The molecule has 1 aliphatic rings. The highest BCUT2D eigenvalue weighted by atomic mass is 19.1. The lowest BCUT2D eigenvalue weighted by Crippen LogP contribution is -2.37. The largest absolute Gasteiger partial charge is 0.457 e. The number of nitriles is 1. The van der Waals surface area contributed by atoms with E-state index >= 15 is 4.39 Å². The van der Waals surface area contributed by atoms with Crippen LogP contribution in [0, 0.1) is 22.6 Å². The minimum Gasteiger partial charge on any atom is -0.457 e. The second kappa shape index (κ2) is 11.1. The van der Waals surface area contributed by atoms with Gasteiger partial charge in [0, 0.05) is 18.2 Å². The molecule has 206 valence electrons. The van der Waals surface area contributed by atoms with E-state index in [1.54, 1.807) is 39.9 Å². The Balaban J connectivity index is 1.50. The zero-order valence-electron chi connectivity index (χ0n) is 22.9. The van der Waals surface area contributed by atoms with Crippen molar-refractivity contribution >= 4 is 28.5 Å². The first kappa shape index (κ1) is 27.3. The van der Waals surface area contributed by atoms with Gasteiger partial charge < -0.3 is 15.4 Å². The summed E-state index contributed by atoms with van der Waals surface area (Å²) in [4.78, 5) is 23.2. The number of amides is 1. The number of hydrogen-bond acceptors (Lipinski definition) is 7. The van der Waals surface area contributed by atoms with E-state index in [0.29, 0.717) is 41.2 Å². The van der Waals surface area contributed by atoms with Crippen LogP contribution in [0.3, 0.4) is 0 Å². The van der Waals surface area contributed by atoms with Gasteiger partial charge in [-0.3, -0.25) is 4.79 Å². The van der Waals surface area contributed by atoms with Gasteiger partial charge >= 0.3 is 0 Å². The van der Waals surface area contributed by atoms with Crippen molar-refractivity contribution in [3.63, 3.8) is 0 Å². The second-order valence-corrected chi connectivity index (χ2v) is 10.6. The Hall–Kier alpha value is -5.26. The number of carbonyl (C=O) groups is 1. The van der Waals surface area contributed by atoms with E-state index in [0.717, 1.165) is 0 Å². The lowest BCUT2D eigenvalue weighted by atomic mass is 9.96. The van der Waals surface area contributed by atoms with Crippen molar-refractivity contribution in [2.75, 3.05) is 18.8 Å². The number of carbonyl (C=O) groups excluding carboxylic acids is 1. The molecule has 5 rings (SSSR count). The lowest BCUT2D eigenvalue weighted by molar-refractivity contribution is -0.126. The summed E-state index contributed by atoms with van der Waals surface area (Å²) in [5.41, 5.74) is 10.3. The first-order valence-corrected chi connectivity index (χ1v) is 13.0. The molecule has 1 amide bonds. The van der Waals surface area contributed by atoms with Crippen LogP contribution in [-0.4, -0.2) is 43.6 Å². The number of fused-ring (bicyclic) bond motifs is 1. The molecule has 10 heteroatoms. The molecule has 0 aliphatic carbocycles. The summed E-state index contributed by atoms with van der Waals surface area (Å²) in [6, 6.07) is 15.6. The Morgan fingerprint density at radius 2 is 1.93 bits per heavy atom. The van der Waals surface area contributed by atoms with Gasteiger partial charge in [-0.25, -0.2) is 19.0 Å². The molecular formula is C31H28FN7O2. The Labute approximate surface area is 236 Å². The van der Waals surface area contributed by atoms with Crippen molar-refractivity contribution in [2.24, 2.45) is 5.41 Å². The monoisotopic (exact) mass is 549 g/mol. The van der Waals surface area contributed by atoms with Crippen molar-refractivity contribution in [3.05, 3.63) is 84.1 Å². The molecule has 4 aromatic rings. The van der Waals surface area contributed by atoms with E-state index in [1.807, 2.05) is 51.1 Å². The molecule has 0 fully saturated rings. The summed E-state index contributed by atoms with van der Waals surface area (Å²) in [5, 5.41) is 14.7. The SMILES string of the molecule is CC(C)(C)C=C=C(C#N)C(=O)N1CCC=C(n2nc(-c3ccc(Oc4ccccc4)cc3F)c3c(N)ncnc32)C1. The molecule has 0 saturated carbocycles. The van der Waals surface area contributed by atoms with Crippen molar-refractivity contribution < 1.29 is 13.9 Å². The molecule has 2 aromatic carbocycles. The van der Waals surface area contributed by atoms with Gasteiger partial charge in [-0.1, -0.05) is 50.8 Å². The number of anilines is 1. The smallest absolute Gasteiger partial charge is 0.272 e. The van der Waals surface area contributed by atoms with Gasteiger partial charge in [-0.05, 0) is 42.2 Å². The van der Waals surface area contributed by atoms with E-state index in [4.69, 9.17) is 15.6 Å². The van der Waals surface area contributed by atoms with E-state index in [1.165, 1.54) is 12.4 Å². The highest BCUT2D eigenvalue weighted by molar-refractivity contribution is 6.00. The number of hydrogen-bond donors (Lipinski definition) is 1. The van der Waals surface area contributed by atoms with Gasteiger partial charge in [-0.2, -0.15) is 10.4 Å². The molecule has 0 unspecified atom stereocenters. The number of ether oxygens (including phenoxy) is 1. The molecule has 9 nitrogen and oxygen atoms in total. The minimum atomic E-state index is -0.558. The molecule has 2 aromatic heterocycles. The zero-order valence-corrected chi connectivity index (χ0v) is 22.9. The molecule has 41 heavy (non-hydrogen) atoms. The number of halogens is 1. The standard InChI is InChI=1S/C31H28FN7O2/c1-31(2,3)14-13-20(17-33)30(40)38-15-7-8-21(18-38)39-29-26(28(34)35-19-36-29)27(37-39)24-12-11-23(16-25(24)32)41-22-9-5-4-6-10-22/h4-6,8-12,14,16,19H,7,15,18H2,1-3H3,(H2,34,35,36). The summed E-state index contributed by atoms with van der Waals surface area (Å²) in [5.74, 6) is 0.0725. The number of nitrogen functional groups attached to an aromatic ring is 1. The van der Waals surface area contributed by atoms with Crippen LogP contribution >= 0.6 is 0 Å². The van der Waals surface area contributed by atoms with Gasteiger partial charge in [0.2, 0.25) is 0 Å². The van der Waals surface area contributed by atoms with Crippen LogP contribution in [0.2, 0.25) is 0 Å². The normalized spacial score (nSPS) is 13.2. The third-order valence-electron chi connectivity index (χ3n) is 6.33. The summed E-state index contributed by atoms with van der Waals surface area (Å²) >= 11 is 0. The van der Waals surface area contributed by atoms with E-state index in [2.05, 4.69) is 15.7 Å². The molecule has 1 aliphatic heterocycles. The summed E-state index contributed by atoms with van der Waals surface area (Å²) in [6.07, 6.45) is 5.49. The zero-order chi connectivity index (χ0) is 29.1. The van der Waals surface area contributed by atoms with Crippen LogP contribution < -0.4 is 10.5 Å². The van der Waals surface area contributed by atoms with Crippen molar-refractivity contribution in [2.45, 2.75) is 27.2 Å². The van der Waals surface area contributed by atoms with Crippen LogP contribution in [0.25, 0.3) is 28.0 Å². The Morgan fingerprint density at radius 3 is 2.63 bits per heavy atom. The van der Waals surface area contributed by atoms with Crippen molar-refractivity contribution in [1.82, 2.24) is 24.6 Å². The molecule has 3 heterocycles. The van der Waals surface area contributed by atoms with Crippen LogP contribution in [0.4, 0.5) is 10.2 Å². The quantitative estimate of drug-likeness (QED) is 0.192. The second-order valence-electron chi connectivity index (χ2n) is 10.6. The van der Waals surface area contributed by atoms with E-state index in [9.17, 15) is 10.1 Å². The third kappa shape index (κ3) is 5.86. The number of nitrogens with zero attached hydrogens (tertiary/aromatic N) is 6. The molecule has 2 N–H and O–H groups in total. The Kier molecular flexibility index (Phi) is 7.38. The fourth-order valence-electron chi connectivity index (χ4n) is 4.38. The number of rotatable bonds is 5. The summed E-state index contributed by atoms with van der Waals surface area (Å²) < 4.78 is 22.8. The number of nitrogens with two attached hydrogens (primary N) is 1. The van der Waals surface area contributed by atoms with Crippen LogP contribution in [-0.2, 0) is 4.79 Å². The van der Waals surface area contributed by atoms with Crippen LogP contribution in [0.1, 0.15) is 27.2 Å². The topological polar surface area (TPSA) is 123 Å². The van der Waals surface area contributed by atoms with Gasteiger partial charge in [0.1, 0.15) is 41.2 Å². The maximum Gasteiger partial charge on any atom is 0.272 e. The highest BCUT2D eigenvalue weighted by Gasteiger charge is 2.26. The number of benzene rings is 2. The van der Waals surface area contributed by atoms with Gasteiger partial charge in [0.05, 0.1) is 17.6 Å². The number of aromatic nitrogens is 4. The molecule has 0 bridgehead atoms.